The standard InChI is InChI=1S/C12H16N2O3S/c1-8(7-18-2)13-12(17)14-10-5-3-9(4-6-10)11(15)16/h3-6,8H,7H2,1-2H3,(H,15,16)(H2,13,14,17). The smallest absolute Gasteiger partial charge is 0.335 e. The average Bonchev–Trinajstić information content (AvgIpc) is 2.29. The molecule has 0 aliphatic rings. The summed E-state index contributed by atoms with van der Waals surface area (Å²) < 4.78 is 0. The van der Waals surface area contributed by atoms with Gasteiger partial charge in [-0.3, -0.25) is 0 Å². The van der Waals surface area contributed by atoms with Gasteiger partial charge in [-0.15, -0.1) is 0 Å². The van der Waals surface area contributed by atoms with Crippen LogP contribution < -0.4 is 10.6 Å². The first kappa shape index (κ1) is 14.4. The van der Waals surface area contributed by atoms with Gasteiger partial charge < -0.3 is 15.7 Å². The third-order valence-electron chi connectivity index (χ3n) is 2.18. The number of carbonyl (C=O) groups excluding carboxylic acids is 1. The van der Waals surface area contributed by atoms with Crippen molar-refractivity contribution in [2.75, 3.05) is 17.3 Å². The van der Waals surface area contributed by atoms with Crippen LogP contribution in [0.25, 0.3) is 0 Å². The molecule has 2 amide bonds. The SMILES string of the molecule is CSCC(C)NC(=O)Nc1ccc(C(=O)O)cc1. The fraction of sp³-hybridized carbons (Fsp3) is 0.333. The molecule has 0 saturated heterocycles. The maximum Gasteiger partial charge on any atom is 0.335 e. The van der Waals surface area contributed by atoms with Gasteiger partial charge in [-0.2, -0.15) is 11.8 Å². The molecule has 0 spiro atoms. The highest BCUT2D eigenvalue weighted by Gasteiger charge is 2.07. The van der Waals surface area contributed by atoms with Crippen molar-refractivity contribution in [3.8, 4) is 0 Å². The topological polar surface area (TPSA) is 78.4 Å². The number of aromatic carboxylic acids is 1. The Kier molecular flexibility index (Phi) is 5.51. The van der Waals surface area contributed by atoms with E-state index in [-0.39, 0.29) is 17.6 Å². The van der Waals surface area contributed by atoms with E-state index < -0.39 is 5.97 Å². The van der Waals surface area contributed by atoms with E-state index in [2.05, 4.69) is 10.6 Å². The van der Waals surface area contributed by atoms with Gasteiger partial charge in [0.25, 0.3) is 0 Å². The molecule has 6 heteroatoms. The predicted molar refractivity (Wildman–Crippen MR) is 73.4 cm³/mol. The van der Waals surface area contributed by atoms with E-state index in [1.807, 2.05) is 13.2 Å². The van der Waals surface area contributed by atoms with Crippen molar-refractivity contribution in [2.45, 2.75) is 13.0 Å². The molecule has 1 rings (SSSR count). The first-order valence-corrected chi connectivity index (χ1v) is 6.82. The third-order valence-corrected chi connectivity index (χ3v) is 3.02. The summed E-state index contributed by atoms with van der Waals surface area (Å²) in [7, 11) is 0. The zero-order chi connectivity index (χ0) is 13.5. The van der Waals surface area contributed by atoms with Gasteiger partial charge >= 0.3 is 12.0 Å². The van der Waals surface area contributed by atoms with Gasteiger partial charge in [0, 0.05) is 17.5 Å². The third kappa shape index (κ3) is 4.67. The summed E-state index contributed by atoms with van der Waals surface area (Å²) in [6, 6.07) is 5.80. The Morgan fingerprint density at radius 1 is 1.33 bits per heavy atom. The number of thioether (sulfide) groups is 1. The Labute approximate surface area is 110 Å². The molecule has 1 atom stereocenters. The van der Waals surface area contributed by atoms with Crippen LogP contribution in [0.1, 0.15) is 17.3 Å². The molecule has 0 fully saturated rings. The van der Waals surface area contributed by atoms with Crippen molar-refractivity contribution in [2.24, 2.45) is 0 Å². The Hall–Kier alpha value is -1.69. The Balaban J connectivity index is 2.51. The summed E-state index contributed by atoms with van der Waals surface area (Å²) in [6.45, 7) is 1.92. The molecule has 1 aromatic carbocycles. The van der Waals surface area contributed by atoms with Crippen LogP contribution in [0.4, 0.5) is 10.5 Å². The van der Waals surface area contributed by atoms with E-state index in [1.165, 1.54) is 12.1 Å². The number of urea groups is 1. The number of amides is 2. The maximum absolute atomic E-state index is 11.6. The number of carbonyl (C=O) groups is 2. The van der Waals surface area contributed by atoms with Gasteiger partial charge in [0.05, 0.1) is 5.56 Å². The van der Waals surface area contributed by atoms with Crippen LogP contribution in [0, 0.1) is 0 Å². The van der Waals surface area contributed by atoms with Crippen LogP contribution in [0.2, 0.25) is 0 Å². The van der Waals surface area contributed by atoms with E-state index in [0.29, 0.717) is 5.69 Å². The largest absolute Gasteiger partial charge is 0.478 e. The molecule has 0 bridgehead atoms. The molecule has 3 N–H and O–H groups in total. The van der Waals surface area contributed by atoms with Crippen LogP contribution in [-0.4, -0.2) is 35.2 Å². The lowest BCUT2D eigenvalue weighted by Crippen LogP contribution is -2.37. The Bertz CT molecular complexity index is 420. The normalized spacial score (nSPS) is 11.7. The minimum Gasteiger partial charge on any atom is -0.478 e. The lowest BCUT2D eigenvalue weighted by atomic mass is 10.2. The Morgan fingerprint density at radius 3 is 2.44 bits per heavy atom. The first-order valence-electron chi connectivity index (χ1n) is 5.42. The van der Waals surface area contributed by atoms with Crippen LogP contribution >= 0.6 is 11.8 Å². The molecule has 0 aliphatic heterocycles. The highest BCUT2D eigenvalue weighted by Crippen LogP contribution is 2.09. The minimum atomic E-state index is -0.986. The molecule has 5 nitrogen and oxygen atoms in total. The summed E-state index contributed by atoms with van der Waals surface area (Å²) >= 11 is 1.66. The van der Waals surface area contributed by atoms with Gasteiger partial charge in [0.1, 0.15) is 0 Å². The second-order valence-electron chi connectivity index (χ2n) is 3.84. The quantitative estimate of drug-likeness (QED) is 0.765. The minimum absolute atomic E-state index is 0.0818. The molecule has 0 heterocycles. The number of hydrogen-bond acceptors (Lipinski definition) is 3. The van der Waals surface area contributed by atoms with E-state index >= 15 is 0 Å². The number of carboxylic acids is 1. The van der Waals surface area contributed by atoms with E-state index in [1.54, 1.807) is 23.9 Å². The zero-order valence-corrected chi connectivity index (χ0v) is 11.1. The summed E-state index contributed by atoms with van der Waals surface area (Å²) in [5, 5.41) is 14.2. The van der Waals surface area contributed by atoms with Gasteiger partial charge in [-0.05, 0) is 37.4 Å². The van der Waals surface area contributed by atoms with Gasteiger partial charge in [-0.25, -0.2) is 9.59 Å². The maximum atomic E-state index is 11.6. The van der Waals surface area contributed by atoms with Crippen LogP contribution in [0.3, 0.4) is 0 Å². The number of hydrogen-bond donors (Lipinski definition) is 3. The molecule has 1 aromatic rings. The Morgan fingerprint density at radius 2 is 1.94 bits per heavy atom. The van der Waals surface area contributed by atoms with Crippen molar-refractivity contribution in [1.82, 2.24) is 5.32 Å². The molecule has 0 aromatic heterocycles. The summed E-state index contributed by atoms with van der Waals surface area (Å²) in [5.74, 6) is -0.148. The molecule has 18 heavy (non-hydrogen) atoms. The number of carboxylic acid groups (broad SMARTS) is 1. The molecule has 1 unspecified atom stereocenters. The second kappa shape index (κ2) is 6.90. The molecule has 98 valence electrons. The van der Waals surface area contributed by atoms with Gasteiger partial charge in [0.2, 0.25) is 0 Å². The van der Waals surface area contributed by atoms with Crippen molar-refractivity contribution in [1.29, 1.82) is 0 Å². The highest BCUT2D eigenvalue weighted by atomic mass is 32.2. The lowest BCUT2D eigenvalue weighted by Gasteiger charge is -2.13. The second-order valence-corrected chi connectivity index (χ2v) is 4.75. The van der Waals surface area contributed by atoms with E-state index in [9.17, 15) is 9.59 Å². The predicted octanol–water partition coefficient (Wildman–Crippen LogP) is 2.26. The molecular weight excluding hydrogens is 252 g/mol. The highest BCUT2D eigenvalue weighted by molar-refractivity contribution is 7.98. The average molecular weight is 268 g/mol. The summed E-state index contributed by atoms with van der Waals surface area (Å²) in [6.07, 6.45) is 1.97. The lowest BCUT2D eigenvalue weighted by molar-refractivity contribution is 0.0697. The van der Waals surface area contributed by atoms with Crippen molar-refractivity contribution >= 4 is 29.4 Å². The van der Waals surface area contributed by atoms with Gasteiger partial charge in [-0.1, -0.05) is 0 Å². The summed E-state index contributed by atoms with van der Waals surface area (Å²) in [5.41, 5.74) is 0.755. The molecule has 0 saturated carbocycles. The molecule has 0 aliphatic carbocycles. The fourth-order valence-electron chi connectivity index (χ4n) is 1.38. The van der Waals surface area contributed by atoms with Crippen molar-refractivity contribution in [3.05, 3.63) is 29.8 Å². The first-order chi connectivity index (χ1) is 8.52. The number of nitrogens with one attached hydrogen (secondary N) is 2. The molecule has 0 radical (unpaired) electrons. The van der Waals surface area contributed by atoms with Crippen LogP contribution in [0.5, 0.6) is 0 Å². The van der Waals surface area contributed by atoms with E-state index in [4.69, 9.17) is 5.11 Å². The van der Waals surface area contributed by atoms with E-state index in [0.717, 1.165) is 5.75 Å². The van der Waals surface area contributed by atoms with Crippen LogP contribution in [-0.2, 0) is 0 Å². The monoisotopic (exact) mass is 268 g/mol. The van der Waals surface area contributed by atoms with Crippen molar-refractivity contribution < 1.29 is 14.7 Å². The number of rotatable bonds is 5. The van der Waals surface area contributed by atoms with Gasteiger partial charge in [0.15, 0.2) is 0 Å². The van der Waals surface area contributed by atoms with Crippen molar-refractivity contribution in [3.63, 3.8) is 0 Å². The zero-order valence-electron chi connectivity index (χ0n) is 10.3. The fourth-order valence-corrected chi connectivity index (χ4v) is 1.96. The number of anilines is 1. The molecular formula is C12H16N2O3S. The van der Waals surface area contributed by atoms with Crippen LogP contribution in [0.15, 0.2) is 24.3 Å². The summed E-state index contributed by atoms with van der Waals surface area (Å²) in [4.78, 5) is 22.2. The number of benzene rings is 1.